The van der Waals surface area contributed by atoms with E-state index in [4.69, 9.17) is 5.26 Å². The second kappa shape index (κ2) is 5.97. The molecule has 2 nitrogen and oxygen atoms in total. The molecule has 2 aromatic carbocycles. The van der Waals surface area contributed by atoms with Gasteiger partial charge in [0.25, 0.3) is 0 Å². The molecule has 0 aromatic heterocycles. The van der Waals surface area contributed by atoms with Crippen LogP contribution in [0.5, 0.6) is 0 Å². The molecule has 0 saturated heterocycles. The maximum atomic E-state index is 12.3. The molecule has 1 unspecified atom stereocenters. The molecule has 2 heteroatoms. The summed E-state index contributed by atoms with van der Waals surface area (Å²) in [6.45, 7) is 1.97. The van der Waals surface area contributed by atoms with Crippen molar-refractivity contribution in [3.05, 3.63) is 71.3 Å². The first-order valence-corrected chi connectivity index (χ1v) is 6.35. The molecule has 19 heavy (non-hydrogen) atoms. The van der Waals surface area contributed by atoms with Crippen LogP contribution in [0.1, 0.15) is 40.7 Å². The van der Waals surface area contributed by atoms with Gasteiger partial charge in [-0.3, -0.25) is 4.79 Å². The lowest BCUT2D eigenvalue weighted by Crippen LogP contribution is -2.03. The third kappa shape index (κ3) is 2.89. The molecule has 0 heterocycles. The molecule has 0 N–H and O–H groups in total. The fourth-order valence-corrected chi connectivity index (χ4v) is 2.05. The van der Waals surface area contributed by atoms with E-state index >= 15 is 0 Å². The standard InChI is InChI=1S/C17H15NO/c1-2-13(12-18)15-9-6-10-16(11-15)17(19)14-7-4-3-5-8-14/h3-11,13H,2H2,1H3. The van der Waals surface area contributed by atoms with E-state index in [1.165, 1.54) is 0 Å². The van der Waals surface area contributed by atoms with Crippen LogP contribution < -0.4 is 0 Å². The quantitative estimate of drug-likeness (QED) is 0.770. The highest BCUT2D eigenvalue weighted by atomic mass is 16.1. The van der Waals surface area contributed by atoms with Crippen LogP contribution in [0, 0.1) is 11.3 Å². The number of benzene rings is 2. The van der Waals surface area contributed by atoms with Crippen LogP contribution in [0.3, 0.4) is 0 Å². The van der Waals surface area contributed by atoms with Gasteiger partial charge in [-0.15, -0.1) is 0 Å². The summed E-state index contributed by atoms with van der Waals surface area (Å²) in [7, 11) is 0. The summed E-state index contributed by atoms with van der Waals surface area (Å²) < 4.78 is 0. The first-order chi connectivity index (χ1) is 9.26. The average molecular weight is 249 g/mol. The van der Waals surface area contributed by atoms with Crippen LogP contribution in [0.2, 0.25) is 0 Å². The van der Waals surface area contributed by atoms with Gasteiger partial charge < -0.3 is 0 Å². The predicted octanol–water partition coefficient (Wildman–Crippen LogP) is 3.93. The highest BCUT2D eigenvalue weighted by Gasteiger charge is 2.12. The number of ketones is 1. The maximum absolute atomic E-state index is 12.3. The Morgan fingerprint density at radius 2 is 1.79 bits per heavy atom. The number of carbonyl (C=O) groups is 1. The summed E-state index contributed by atoms with van der Waals surface area (Å²) in [5.41, 5.74) is 2.22. The summed E-state index contributed by atoms with van der Waals surface area (Å²) in [6, 6.07) is 18.8. The Morgan fingerprint density at radius 3 is 2.42 bits per heavy atom. The second-order valence-corrected chi connectivity index (χ2v) is 4.41. The van der Waals surface area contributed by atoms with E-state index < -0.39 is 0 Å². The number of nitrogens with zero attached hydrogens (tertiary/aromatic N) is 1. The maximum Gasteiger partial charge on any atom is 0.193 e. The summed E-state index contributed by atoms with van der Waals surface area (Å²) in [6.07, 6.45) is 0.749. The van der Waals surface area contributed by atoms with Crippen molar-refractivity contribution in [2.45, 2.75) is 19.3 Å². The van der Waals surface area contributed by atoms with Gasteiger partial charge in [0.05, 0.1) is 12.0 Å². The molecule has 0 amide bonds. The number of hydrogen-bond donors (Lipinski definition) is 0. The van der Waals surface area contributed by atoms with E-state index in [0.29, 0.717) is 11.1 Å². The van der Waals surface area contributed by atoms with Gasteiger partial charge in [-0.25, -0.2) is 0 Å². The number of rotatable bonds is 4. The van der Waals surface area contributed by atoms with Crippen LogP contribution in [0.4, 0.5) is 0 Å². The molecule has 0 saturated carbocycles. The van der Waals surface area contributed by atoms with Gasteiger partial charge in [0.1, 0.15) is 0 Å². The lowest BCUT2D eigenvalue weighted by atomic mass is 9.94. The van der Waals surface area contributed by atoms with E-state index in [2.05, 4.69) is 6.07 Å². The Bertz CT molecular complexity index is 611. The molecule has 0 aliphatic rings. The molecule has 0 radical (unpaired) electrons. The van der Waals surface area contributed by atoms with E-state index in [1.807, 2.05) is 43.3 Å². The zero-order valence-electron chi connectivity index (χ0n) is 10.8. The molecular formula is C17H15NO. The topological polar surface area (TPSA) is 40.9 Å². The molecule has 2 rings (SSSR count). The minimum atomic E-state index is -0.150. The van der Waals surface area contributed by atoms with Crippen LogP contribution in [0.15, 0.2) is 54.6 Å². The fourth-order valence-electron chi connectivity index (χ4n) is 2.05. The Balaban J connectivity index is 2.34. The Morgan fingerprint density at radius 1 is 1.11 bits per heavy atom. The van der Waals surface area contributed by atoms with Gasteiger partial charge in [-0.2, -0.15) is 5.26 Å². The van der Waals surface area contributed by atoms with E-state index in [9.17, 15) is 4.79 Å². The monoisotopic (exact) mass is 249 g/mol. The molecule has 0 aliphatic heterocycles. The predicted molar refractivity (Wildman–Crippen MR) is 75.0 cm³/mol. The molecule has 0 spiro atoms. The van der Waals surface area contributed by atoms with Crippen molar-refractivity contribution >= 4 is 5.78 Å². The molecule has 1 atom stereocenters. The average Bonchev–Trinajstić information content (AvgIpc) is 2.49. The van der Waals surface area contributed by atoms with Gasteiger partial charge >= 0.3 is 0 Å². The highest BCUT2D eigenvalue weighted by Crippen LogP contribution is 2.20. The third-order valence-electron chi connectivity index (χ3n) is 3.15. The minimum absolute atomic E-state index is 0.00440. The smallest absolute Gasteiger partial charge is 0.193 e. The highest BCUT2D eigenvalue weighted by molar-refractivity contribution is 6.09. The van der Waals surface area contributed by atoms with E-state index in [-0.39, 0.29) is 11.7 Å². The van der Waals surface area contributed by atoms with Gasteiger partial charge in [-0.05, 0) is 18.1 Å². The number of hydrogen-bond acceptors (Lipinski definition) is 2. The van der Waals surface area contributed by atoms with Crippen LogP contribution >= 0.6 is 0 Å². The van der Waals surface area contributed by atoms with E-state index in [1.54, 1.807) is 18.2 Å². The van der Waals surface area contributed by atoms with Gasteiger partial charge in [0, 0.05) is 11.1 Å². The molecule has 0 aliphatic carbocycles. The van der Waals surface area contributed by atoms with Crippen molar-refractivity contribution in [3.8, 4) is 6.07 Å². The molecule has 2 aromatic rings. The SMILES string of the molecule is CCC(C#N)c1cccc(C(=O)c2ccccc2)c1. The zero-order chi connectivity index (χ0) is 13.7. The molecule has 0 bridgehead atoms. The summed E-state index contributed by atoms with van der Waals surface area (Å²) in [5.74, 6) is -0.154. The second-order valence-electron chi connectivity index (χ2n) is 4.41. The molecular weight excluding hydrogens is 234 g/mol. The fraction of sp³-hybridized carbons (Fsp3) is 0.176. The Hall–Kier alpha value is -2.40. The van der Waals surface area contributed by atoms with E-state index in [0.717, 1.165) is 12.0 Å². The lowest BCUT2D eigenvalue weighted by molar-refractivity contribution is 0.103. The minimum Gasteiger partial charge on any atom is -0.289 e. The van der Waals surface area contributed by atoms with Crippen molar-refractivity contribution in [2.24, 2.45) is 0 Å². The first kappa shape index (κ1) is 13.0. The normalized spacial score (nSPS) is 11.6. The van der Waals surface area contributed by atoms with Crippen molar-refractivity contribution in [1.82, 2.24) is 0 Å². The largest absolute Gasteiger partial charge is 0.289 e. The third-order valence-corrected chi connectivity index (χ3v) is 3.15. The van der Waals surface area contributed by atoms with Gasteiger partial charge in [0.2, 0.25) is 0 Å². The van der Waals surface area contributed by atoms with Crippen molar-refractivity contribution in [1.29, 1.82) is 5.26 Å². The first-order valence-electron chi connectivity index (χ1n) is 6.35. The van der Waals surface area contributed by atoms with Gasteiger partial charge in [-0.1, -0.05) is 55.5 Å². The Labute approximate surface area is 113 Å². The van der Waals surface area contributed by atoms with Crippen LogP contribution in [-0.4, -0.2) is 5.78 Å². The summed E-state index contributed by atoms with van der Waals surface area (Å²) >= 11 is 0. The number of nitriles is 1. The van der Waals surface area contributed by atoms with Crippen molar-refractivity contribution in [3.63, 3.8) is 0 Å². The Kier molecular flexibility index (Phi) is 4.10. The summed E-state index contributed by atoms with van der Waals surface area (Å²) in [5, 5.41) is 9.09. The van der Waals surface area contributed by atoms with Crippen LogP contribution in [-0.2, 0) is 0 Å². The molecule has 94 valence electrons. The zero-order valence-corrected chi connectivity index (χ0v) is 10.8. The molecule has 0 fully saturated rings. The van der Waals surface area contributed by atoms with Crippen molar-refractivity contribution in [2.75, 3.05) is 0 Å². The lowest BCUT2D eigenvalue weighted by Gasteiger charge is -2.08. The van der Waals surface area contributed by atoms with Crippen molar-refractivity contribution < 1.29 is 4.79 Å². The number of carbonyl (C=O) groups excluding carboxylic acids is 1. The van der Waals surface area contributed by atoms with Crippen LogP contribution in [0.25, 0.3) is 0 Å². The summed E-state index contributed by atoms with van der Waals surface area (Å²) in [4.78, 5) is 12.3. The van der Waals surface area contributed by atoms with Gasteiger partial charge in [0.15, 0.2) is 5.78 Å².